The van der Waals surface area contributed by atoms with Crippen LogP contribution in [0.1, 0.15) is 37.7 Å². The Labute approximate surface area is 170 Å². The topological polar surface area (TPSA) is 112 Å². The van der Waals surface area contributed by atoms with Crippen molar-refractivity contribution < 1.29 is 18.0 Å². The van der Waals surface area contributed by atoms with E-state index in [-0.39, 0.29) is 41.9 Å². The molecule has 29 heavy (non-hydrogen) atoms. The molecule has 1 N–H and O–H groups in total. The van der Waals surface area contributed by atoms with E-state index in [1.807, 2.05) is 12.1 Å². The van der Waals surface area contributed by atoms with Gasteiger partial charge in [-0.2, -0.15) is 5.10 Å². The molecule has 0 bridgehead atoms. The van der Waals surface area contributed by atoms with Crippen LogP contribution in [0.2, 0.25) is 0 Å². The number of aromatic nitrogens is 1. The summed E-state index contributed by atoms with van der Waals surface area (Å²) in [7, 11) is -3.14. The zero-order valence-corrected chi connectivity index (χ0v) is 17.0. The Hall–Kier alpha value is -2.49. The Bertz CT molecular complexity index is 940. The summed E-state index contributed by atoms with van der Waals surface area (Å²) >= 11 is 0. The lowest BCUT2D eigenvalue weighted by Gasteiger charge is -2.27. The van der Waals surface area contributed by atoms with Gasteiger partial charge in [-0.05, 0) is 37.0 Å². The number of carbonyl (C=O) groups excluding carboxylic acids is 2. The Morgan fingerprint density at radius 1 is 1.24 bits per heavy atom. The molecule has 1 atom stereocenters. The van der Waals surface area contributed by atoms with E-state index in [0.29, 0.717) is 13.0 Å². The van der Waals surface area contributed by atoms with Gasteiger partial charge in [0.1, 0.15) is 11.5 Å². The number of carbonyl (C=O) groups is 2. The van der Waals surface area contributed by atoms with Crippen LogP contribution in [-0.4, -0.2) is 66.6 Å². The number of hydrogen-bond donors (Lipinski definition) is 1. The summed E-state index contributed by atoms with van der Waals surface area (Å²) in [5.41, 5.74) is 1.21. The Morgan fingerprint density at radius 3 is 2.76 bits per heavy atom. The minimum atomic E-state index is -3.14. The minimum Gasteiger partial charge on any atom is -0.357 e. The van der Waals surface area contributed by atoms with Crippen molar-refractivity contribution >= 4 is 33.2 Å². The summed E-state index contributed by atoms with van der Waals surface area (Å²) in [6.07, 6.45) is 4.87. The third kappa shape index (κ3) is 4.58. The van der Waals surface area contributed by atoms with E-state index in [0.717, 1.165) is 24.5 Å². The van der Waals surface area contributed by atoms with Crippen LogP contribution in [0.15, 0.2) is 23.4 Å². The maximum atomic E-state index is 12.6. The largest absolute Gasteiger partial charge is 0.357 e. The number of nitrogens with zero attached hydrogens (tertiary/aromatic N) is 4. The molecule has 0 saturated carbocycles. The van der Waals surface area contributed by atoms with Gasteiger partial charge in [-0.25, -0.2) is 18.4 Å². The molecule has 3 aliphatic heterocycles. The SMILES string of the molecule is O=C(NCc1ccnc(N2CCCC2)c1)C1=NN(C2CCS(=O)(=O)C2)C(=O)CC1. The first kappa shape index (κ1) is 19.8. The maximum absolute atomic E-state index is 12.6. The number of hydrazone groups is 1. The summed E-state index contributed by atoms with van der Waals surface area (Å²) in [6.45, 7) is 2.34. The highest BCUT2D eigenvalue weighted by atomic mass is 32.2. The van der Waals surface area contributed by atoms with E-state index in [1.165, 1.54) is 17.9 Å². The number of nitrogens with one attached hydrogen (secondary N) is 1. The smallest absolute Gasteiger partial charge is 0.267 e. The van der Waals surface area contributed by atoms with E-state index in [9.17, 15) is 18.0 Å². The molecular weight excluding hydrogens is 394 g/mol. The highest BCUT2D eigenvalue weighted by Gasteiger charge is 2.37. The monoisotopic (exact) mass is 419 g/mol. The number of sulfone groups is 1. The summed E-state index contributed by atoms with van der Waals surface area (Å²) in [6, 6.07) is 3.37. The Kier molecular flexibility index (Phi) is 5.53. The van der Waals surface area contributed by atoms with Crippen molar-refractivity contribution in [2.45, 2.75) is 44.7 Å². The van der Waals surface area contributed by atoms with Crippen molar-refractivity contribution in [2.24, 2.45) is 5.10 Å². The van der Waals surface area contributed by atoms with Gasteiger partial charge in [0.05, 0.1) is 17.5 Å². The molecule has 1 aromatic heterocycles. The van der Waals surface area contributed by atoms with Crippen LogP contribution in [0, 0.1) is 0 Å². The molecule has 0 aromatic carbocycles. The second-order valence-electron chi connectivity index (χ2n) is 7.74. The van der Waals surface area contributed by atoms with Crippen molar-refractivity contribution in [1.29, 1.82) is 0 Å². The van der Waals surface area contributed by atoms with Crippen molar-refractivity contribution in [3.05, 3.63) is 23.9 Å². The van der Waals surface area contributed by atoms with Crippen molar-refractivity contribution in [1.82, 2.24) is 15.3 Å². The van der Waals surface area contributed by atoms with Crippen LogP contribution in [0.5, 0.6) is 0 Å². The first-order valence-electron chi connectivity index (χ1n) is 9.99. The fraction of sp³-hybridized carbons (Fsp3) is 0.579. The zero-order chi connectivity index (χ0) is 20.4. The molecule has 1 aromatic rings. The fourth-order valence-corrected chi connectivity index (χ4v) is 5.65. The molecule has 3 aliphatic rings. The van der Waals surface area contributed by atoms with Crippen molar-refractivity contribution in [3.63, 3.8) is 0 Å². The summed E-state index contributed by atoms with van der Waals surface area (Å²) < 4.78 is 23.4. The van der Waals surface area contributed by atoms with Gasteiger partial charge < -0.3 is 10.2 Å². The Balaban J connectivity index is 1.40. The molecule has 156 valence electrons. The van der Waals surface area contributed by atoms with E-state index in [1.54, 1.807) is 6.20 Å². The summed E-state index contributed by atoms with van der Waals surface area (Å²) in [4.78, 5) is 31.4. The van der Waals surface area contributed by atoms with Crippen LogP contribution in [0.25, 0.3) is 0 Å². The molecule has 2 amide bonds. The molecular formula is C19H25N5O4S. The molecule has 0 spiro atoms. The number of anilines is 1. The lowest BCUT2D eigenvalue weighted by Crippen LogP contribution is -2.43. The van der Waals surface area contributed by atoms with Crippen LogP contribution in [0.4, 0.5) is 5.82 Å². The molecule has 2 fully saturated rings. The van der Waals surface area contributed by atoms with Crippen molar-refractivity contribution in [2.75, 3.05) is 29.5 Å². The van der Waals surface area contributed by atoms with Gasteiger partial charge in [-0.15, -0.1) is 0 Å². The van der Waals surface area contributed by atoms with E-state index < -0.39 is 15.9 Å². The predicted octanol–water partition coefficient (Wildman–Crippen LogP) is 0.463. The maximum Gasteiger partial charge on any atom is 0.267 e. The van der Waals surface area contributed by atoms with E-state index in [2.05, 4.69) is 20.3 Å². The second kappa shape index (κ2) is 8.10. The fourth-order valence-electron chi connectivity index (χ4n) is 3.96. The molecule has 4 rings (SSSR count). The van der Waals surface area contributed by atoms with Crippen LogP contribution < -0.4 is 10.2 Å². The van der Waals surface area contributed by atoms with Crippen LogP contribution >= 0.6 is 0 Å². The van der Waals surface area contributed by atoms with Gasteiger partial charge in [-0.1, -0.05) is 0 Å². The number of rotatable bonds is 5. The molecule has 2 saturated heterocycles. The van der Waals surface area contributed by atoms with Crippen LogP contribution in [0.3, 0.4) is 0 Å². The standard InChI is InChI=1S/C19H25N5O4S/c25-18-4-3-16(22-24(18)15-6-10-29(27,28)13-15)19(26)21-12-14-5-7-20-17(11-14)23-8-1-2-9-23/h5,7,11,15H,1-4,6,8-10,12-13H2,(H,21,26). The third-order valence-corrected chi connectivity index (χ3v) is 7.32. The number of amides is 2. The van der Waals surface area contributed by atoms with Gasteiger partial charge >= 0.3 is 0 Å². The van der Waals surface area contributed by atoms with Gasteiger partial charge in [-0.3, -0.25) is 9.59 Å². The molecule has 0 aliphatic carbocycles. The first-order chi connectivity index (χ1) is 13.9. The van der Waals surface area contributed by atoms with E-state index >= 15 is 0 Å². The second-order valence-corrected chi connectivity index (χ2v) is 9.97. The average molecular weight is 420 g/mol. The van der Waals surface area contributed by atoms with Gasteiger partial charge in [0.25, 0.3) is 5.91 Å². The highest BCUT2D eigenvalue weighted by Crippen LogP contribution is 2.22. The molecule has 9 nitrogen and oxygen atoms in total. The van der Waals surface area contributed by atoms with Gasteiger partial charge in [0, 0.05) is 38.7 Å². The molecule has 1 unspecified atom stereocenters. The summed E-state index contributed by atoms with van der Waals surface area (Å²) in [5, 5.41) is 8.27. The minimum absolute atomic E-state index is 0.0554. The third-order valence-electron chi connectivity index (χ3n) is 5.57. The predicted molar refractivity (Wildman–Crippen MR) is 108 cm³/mol. The summed E-state index contributed by atoms with van der Waals surface area (Å²) in [5.74, 6) is 0.326. The molecule has 0 radical (unpaired) electrons. The molecule has 10 heteroatoms. The molecule has 4 heterocycles. The first-order valence-corrected chi connectivity index (χ1v) is 11.8. The lowest BCUT2D eigenvalue weighted by atomic mass is 10.1. The van der Waals surface area contributed by atoms with Crippen LogP contribution in [-0.2, 0) is 26.0 Å². The lowest BCUT2D eigenvalue weighted by molar-refractivity contribution is -0.133. The average Bonchev–Trinajstić information content (AvgIpc) is 3.36. The quantitative estimate of drug-likeness (QED) is 0.742. The number of hydrogen-bond acceptors (Lipinski definition) is 7. The Morgan fingerprint density at radius 2 is 2.03 bits per heavy atom. The zero-order valence-electron chi connectivity index (χ0n) is 16.2. The normalized spacial score (nSPS) is 23.9. The highest BCUT2D eigenvalue weighted by molar-refractivity contribution is 7.91. The van der Waals surface area contributed by atoms with Gasteiger partial charge in [0.15, 0.2) is 9.84 Å². The van der Waals surface area contributed by atoms with Gasteiger partial charge in [0.2, 0.25) is 5.91 Å². The number of pyridine rings is 1. The van der Waals surface area contributed by atoms with Crippen molar-refractivity contribution in [3.8, 4) is 0 Å². The van der Waals surface area contributed by atoms with E-state index in [4.69, 9.17) is 0 Å².